The normalized spacial score (nSPS) is 14.3. The van der Waals surface area contributed by atoms with Gasteiger partial charge in [-0.1, -0.05) is 6.92 Å². The Bertz CT molecular complexity index is 124. The van der Waals surface area contributed by atoms with Crippen molar-refractivity contribution in [3.63, 3.8) is 0 Å². The first kappa shape index (κ1) is 11.6. The number of ether oxygens (including phenoxy) is 1. The van der Waals surface area contributed by atoms with E-state index in [1.54, 1.807) is 0 Å². The second-order valence-electron chi connectivity index (χ2n) is 4.05. The predicted octanol–water partition coefficient (Wildman–Crippen LogP) is 2.42. The van der Waals surface area contributed by atoms with Gasteiger partial charge in [-0.25, -0.2) is 0 Å². The Labute approximate surface area is 75.3 Å². The number of aldehydes is 1. The monoisotopic (exact) mass is 172 g/mol. The molecule has 0 heterocycles. The van der Waals surface area contributed by atoms with Crippen molar-refractivity contribution >= 4 is 6.29 Å². The fraction of sp³-hybridized carbons (Fsp3) is 0.900. The van der Waals surface area contributed by atoms with Crippen molar-refractivity contribution in [1.82, 2.24) is 0 Å². The van der Waals surface area contributed by atoms with Crippen LogP contribution < -0.4 is 0 Å². The van der Waals surface area contributed by atoms with E-state index in [0.29, 0.717) is 6.61 Å². The molecule has 0 amide bonds. The van der Waals surface area contributed by atoms with Crippen LogP contribution in [0.5, 0.6) is 0 Å². The average molecular weight is 172 g/mol. The van der Waals surface area contributed by atoms with Gasteiger partial charge in [-0.2, -0.15) is 0 Å². The van der Waals surface area contributed by atoms with Crippen molar-refractivity contribution in [2.24, 2.45) is 5.92 Å². The summed E-state index contributed by atoms with van der Waals surface area (Å²) in [6, 6.07) is 0. The molecule has 1 atom stereocenters. The first-order chi connectivity index (χ1) is 5.49. The molecule has 12 heavy (non-hydrogen) atoms. The highest BCUT2D eigenvalue weighted by Gasteiger charge is 2.11. The molecular weight excluding hydrogens is 152 g/mol. The van der Waals surface area contributed by atoms with E-state index in [9.17, 15) is 4.79 Å². The summed E-state index contributed by atoms with van der Waals surface area (Å²) in [7, 11) is 0. The number of hydrogen-bond acceptors (Lipinski definition) is 2. The molecule has 0 saturated heterocycles. The minimum atomic E-state index is -0.0822. The Hall–Kier alpha value is -0.370. The van der Waals surface area contributed by atoms with Crippen LogP contribution in [-0.2, 0) is 9.53 Å². The molecule has 0 aromatic heterocycles. The Morgan fingerprint density at radius 1 is 1.42 bits per heavy atom. The molecule has 2 nitrogen and oxygen atoms in total. The molecule has 0 bridgehead atoms. The maximum Gasteiger partial charge on any atom is 0.123 e. The zero-order valence-corrected chi connectivity index (χ0v) is 8.59. The zero-order chi connectivity index (χ0) is 9.61. The third-order valence-corrected chi connectivity index (χ3v) is 1.74. The summed E-state index contributed by atoms with van der Waals surface area (Å²) < 4.78 is 5.50. The minimum absolute atomic E-state index is 0.0822. The van der Waals surface area contributed by atoms with Gasteiger partial charge in [0.2, 0.25) is 0 Å². The van der Waals surface area contributed by atoms with Gasteiger partial charge < -0.3 is 9.53 Å². The van der Waals surface area contributed by atoms with Crippen LogP contribution in [0.1, 0.15) is 40.5 Å². The van der Waals surface area contributed by atoms with E-state index >= 15 is 0 Å². The molecular formula is C10H20O2. The second-order valence-corrected chi connectivity index (χ2v) is 4.05. The standard InChI is InChI=1S/C10H20O2/c1-5-9(8-11)6-7-12-10(2,3)4/h8-9H,5-7H2,1-4H3/t9-/m1/s1. The highest BCUT2D eigenvalue weighted by atomic mass is 16.5. The van der Waals surface area contributed by atoms with Gasteiger partial charge in [0.25, 0.3) is 0 Å². The quantitative estimate of drug-likeness (QED) is 0.595. The third kappa shape index (κ3) is 6.35. The van der Waals surface area contributed by atoms with Crippen molar-refractivity contribution < 1.29 is 9.53 Å². The molecule has 0 aliphatic carbocycles. The van der Waals surface area contributed by atoms with Crippen LogP contribution in [0.4, 0.5) is 0 Å². The topological polar surface area (TPSA) is 26.3 Å². The highest BCUT2D eigenvalue weighted by Crippen LogP contribution is 2.10. The summed E-state index contributed by atoms with van der Waals surface area (Å²) in [6.45, 7) is 8.77. The van der Waals surface area contributed by atoms with E-state index in [0.717, 1.165) is 19.1 Å². The lowest BCUT2D eigenvalue weighted by Crippen LogP contribution is -2.21. The van der Waals surface area contributed by atoms with Crippen LogP contribution in [0.2, 0.25) is 0 Å². The largest absolute Gasteiger partial charge is 0.376 e. The summed E-state index contributed by atoms with van der Waals surface area (Å²) in [5.41, 5.74) is -0.0822. The molecule has 0 aromatic carbocycles. The van der Waals surface area contributed by atoms with Crippen LogP contribution in [0.15, 0.2) is 0 Å². The summed E-state index contributed by atoms with van der Waals surface area (Å²) in [5, 5.41) is 0. The third-order valence-electron chi connectivity index (χ3n) is 1.74. The van der Waals surface area contributed by atoms with Gasteiger partial charge in [-0.3, -0.25) is 0 Å². The first-order valence-electron chi connectivity index (χ1n) is 4.59. The fourth-order valence-corrected chi connectivity index (χ4v) is 0.885. The Morgan fingerprint density at radius 3 is 2.33 bits per heavy atom. The van der Waals surface area contributed by atoms with Crippen molar-refractivity contribution in [3.05, 3.63) is 0 Å². The minimum Gasteiger partial charge on any atom is -0.376 e. The molecule has 0 rings (SSSR count). The van der Waals surface area contributed by atoms with E-state index in [-0.39, 0.29) is 11.5 Å². The molecule has 0 saturated carbocycles. The SMILES string of the molecule is CC[C@@H](C=O)CCOC(C)(C)C. The fourth-order valence-electron chi connectivity index (χ4n) is 0.885. The molecule has 0 radical (unpaired) electrons. The Kier molecular flexibility index (Phi) is 5.14. The Balaban J connectivity index is 3.48. The zero-order valence-electron chi connectivity index (χ0n) is 8.59. The van der Waals surface area contributed by atoms with Crippen LogP contribution in [0, 0.1) is 5.92 Å². The van der Waals surface area contributed by atoms with Gasteiger partial charge in [0.15, 0.2) is 0 Å². The molecule has 72 valence electrons. The van der Waals surface area contributed by atoms with Gasteiger partial charge in [-0.05, 0) is 33.6 Å². The number of carbonyl (C=O) groups excluding carboxylic acids is 1. The number of carbonyl (C=O) groups is 1. The van der Waals surface area contributed by atoms with Crippen molar-refractivity contribution in [2.45, 2.75) is 46.1 Å². The molecule has 2 heteroatoms. The number of hydrogen-bond donors (Lipinski definition) is 0. The van der Waals surface area contributed by atoms with E-state index in [1.165, 1.54) is 0 Å². The lowest BCUT2D eigenvalue weighted by atomic mass is 10.1. The van der Waals surface area contributed by atoms with Gasteiger partial charge in [0.05, 0.1) is 5.60 Å². The van der Waals surface area contributed by atoms with Crippen molar-refractivity contribution in [3.8, 4) is 0 Å². The number of rotatable bonds is 5. The van der Waals surface area contributed by atoms with Gasteiger partial charge >= 0.3 is 0 Å². The maximum atomic E-state index is 10.4. The summed E-state index contributed by atoms with van der Waals surface area (Å²) in [6.07, 6.45) is 2.78. The molecule has 0 spiro atoms. The van der Waals surface area contributed by atoms with Crippen LogP contribution >= 0.6 is 0 Å². The summed E-state index contributed by atoms with van der Waals surface area (Å²) >= 11 is 0. The molecule has 0 unspecified atom stereocenters. The molecule has 0 N–H and O–H groups in total. The van der Waals surface area contributed by atoms with E-state index < -0.39 is 0 Å². The van der Waals surface area contributed by atoms with Gasteiger partial charge in [0, 0.05) is 12.5 Å². The molecule has 0 fully saturated rings. The summed E-state index contributed by atoms with van der Waals surface area (Å²) in [4.78, 5) is 10.4. The lowest BCUT2D eigenvalue weighted by molar-refractivity contribution is -0.112. The van der Waals surface area contributed by atoms with Crippen LogP contribution in [0.3, 0.4) is 0 Å². The lowest BCUT2D eigenvalue weighted by Gasteiger charge is -2.20. The highest BCUT2D eigenvalue weighted by molar-refractivity contribution is 5.53. The van der Waals surface area contributed by atoms with Crippen molar-refractivity contribution in [2.75, 3.05) is 6.61 Å². The van der Waals surface area contributed by atoms with E-state index in [1.807, 2.05) is 27.7 Å². The molecule has 0 aliphatic heterocycles. The van der Waals surface area contributed by atoms with Crippen molar-refractivity contribution in [1.29, 1.82) is 0 Å². The van der Waals surface area contributed by atoms with Gasteiger partial charge in [0.1, 0.15) is 6.29 Å². The maximum absolute atomic E-state index is 10.4. The van der Waals surface area contributed by atoms with E-state index in [4.69, 9.17) is 4.74 Å². The predicted molar refractivity (Wildman–Crippen MR) is 50.2 cm³/mol. The Morgan fingerprint density at radius 2 is 2.00 bits per heavy atom. The van der Waals surface area contributed by atoms with Crippen LogP contribution in [0.25, 0.3) is 0 Å². The second kappa shape index (κ2) is 5.31. The smallest absolute Gasteiger partial charge is 0.123 e. The molecule has 0 aliphatic rings. The van der Waals surface area contributed by atoms with E-state index in [2.05, 4.69) is 0 Å². The van der Waals surface area contributed by atoms with Gasteiger partial charge in [-0.15, -0.1) is 0 Å². The molecule has 0 aromatic rings. The first-order valence-corrected chi connectivity index (χ1v) is 4.59. The average Bonchev–Trinajstić information content (AvgIpc) is 1.96. The van der Waals surface area contributed by atoms with Crippen LogP contribution in [-0.4, -0.2) is 18.5 Å². The summed E-state index contributed by atoms with van der Waals surface area (Å²) in [5.74, 6) is 0.173.